The molecule has 162 valence electrons. The van der Waals surface area contributed by atoms with Crippen molar-refractivity contribution in [2.24, 2.45) is 10.2 Å². The van der Waals surface area contributed by atoms with Crippen LogP contribution in [0.2, 0.25) is 0 Å². The first-order valence-electron chi connectivity index (χ1n) is 9.59. The number of carbonyl (C=O) groups excluding carboxylic acids is 2. The van der Waals surface area contributed by atoms with Gasteiger partial charge < -0.3 is 10.2 Å². The summed E-state index contributed by atoms with van der Waals surface area (Å²) in [6.07, 6.45) is 1.24. The number of nitrogens with zero attached hydrogens (tertiary/aromatic N) is 3. The summed E-state index contributed by atoms with van der Waals surface area (Å²) in [5, 5.41) is 27.6. The summed E-state index contributed by atoms with van der Waals surface area (Å²) in [7, 11) is 0. The largest absolute Gasteiger partial charge is 0.507 e. The molecule has 9 heteroatoms. The first kappa shape index (κ1) is 22.2. The summed E-state index contributed by atoms with van der Waals surface area (Å²) in [6, 6.07) is 16.1. The lowest BCUT2D eigenvalue weighted by molar-refractivity contribution is 0.0939. The molecule has 3 rings (SSSR count). The van der Waals surface area contributed by atoms with Crippen molar-refractivity contribution in [2.45, 2.75) is 13.8 Å². The summed E-state index contributed by atoms with van der Waals surface area (Å²) in [6.45, 7) is 3.30. The van der Waals surface area contributed by atoms with Gasteiger partial charge in [0.15, 0.2) is 0 Å². The third-order valence-corrected chi connectivity index (χ3v) is 4.50. The smallest absolute Gasteiger partial charge is 0.289 e. The van der Waals surface area contributed by atoms with Crippen LogP contribution in [0.1, 0.15) is 45.8 Å². The molecule has 0 saturated heterocycles. The predicted molar refractivity (Wildman–Crippen MR) is 120 cm³/mol. The lowest BCUT2D eigenvalue weighted by Crippen LogP contribution is -2.22. The van der Waals surface area contributed by atoms with Crippen molar-refractivity contribution in [1.29, 1.82) is 0 Å². The summed E-state index contributed by atoms with van der Waals surface area (Å²) in [4.78, 5) is 28.5. The zero-order valence-corrected chi connectivity index (χ0v) is 17.4. The third-order valence-electron chi connectivity index (χ3n) is 4.50. The van der Waals surface area contributed by atoms with Crippen molar-refractivity contribution in [2.75, 3.05) is 0 Å². The molecule has 9 nitrogen and oxygen atoms in total. The molecule has 0 fully saturated rings. The molecule has 0 radical (unpaired) electrons. The highest BCUT2D eigenvalue weighted by Crippen LogP contribution is 2.17. The molecule has 1 heterocycles. The lowest BCUT2D eigenvalue weighted by atomic mass is 10.1. The Morgan fingerprint density at radius 1 is 0.750 bits per heavy atom. The van der Waals surface area contributed by atoms with Gasteiger partial charge in [-0.3, -0.25) is 14.6 Å². The van der Waals surface area contributed by atoms with E-state index in [1.165, 1.54) is 30.5 Å². The molecule has 0 bridgehead atoms. The van der Waals surface area contributed by atoms with E-state index in [1.54, 1.807) is 50.2 Å². The Bertz CT molecular complexity index is 1110. The van der Waals surface area contributed by atoms with Gasteiger partial charge in [0.1, 0.15) is 17.2 Å². The van der Waals surface area contributed by atoms with Crippen LogP contribution in [0.25, 0.3) is 0 Å². The van der Waals surface area contributed by atoms with E-state index in [1.807, 2.05) is 0 Å². The van der Waals surface area contributed by atoms with Crippen LogP contribution in [0.5, 0.6) is 11.5 Å². The van der Waals surface area contributed by atoms with E-state index in [-0.39, 0.29) is 22.8 Å². The third kappa shape index (κ3) is 5.33. The molecule has 0 unspecified atom stereocenters. The number of phenols is 2. The first-order chi connectivity index (χ1) is 15.4. The summed E-state index contributed by atoms with van der Waals surface area (Å²) < 4.78 is 0. The van der Waals surface area contributed by atoms with Crippen molar-refractivity contribution < 1.29 is 19.8 Å². The van der Waals surface area contributed by atoms with Crippen LogP contribution >= 0.6 is 0 Å². The van der Waals surface area contributed by atoms with Crippen molar-refractivity contribution in [3.05, 3.63) is 89.2 Å². The summed E-state index contributed by atoms with van der Waals surface area (Å²) in [5.74, 6) is -0.981. The van der Waals surface area contributed by atoms with E-state index < -0.39 is 11.8 Å². The van der Waals surface area contributed by atoms with E-state index >= 15 is 0 Å². The second-order valence-corrected chi connectivity index (χ2v) is 6.74. The zero-order valence-electron chi connectivity index (χ0n) is 17.4. The Labute approximate surface area is 184 Å². The molecular weight excluding hydrogens is 410 g/mol. The Balaban J connectivity index is 1.63. The molecule has 2 aromatic carbocycles. The summed E-state index contributed by atoms with van der Waals surface area (Å²) in [5.41, 5.74) is 6.85. The van der Waals surface area contributed by atoms with Crippen molar-refractivity contribution in [3.63, 3.8) is 0 Å². The van der Waals surface area contributed by atoms with Crippen LogP contribution in [0.15, 0.2) is 77.1 Å². The van der Waals surface area contributed by atoms with Gasteiger partial charge >= 0.3 is 0 Å². The minimum Gasteiger partial charge on any atom is -0.507 e. The van der Waals surface area contributed by atoms with E-state index in [9.17, 15) is 19.8 Å². The van der Waals surface area contributed by atoms with Crippen LogP contribution in [0.3, 0.4) is 0 Å². The lowest BCUT2D eigenvalue weighted by Gasteiger charge is -2.06. The fraction of sp³-hybridized carbons (Fsp3) is 0.0870. The quantitative estimate of drug-likeness (QED) is 0.351. The van der Waals surface area contributed by atoms with Gasteiger partial charge in [-0.1, -0.05) is 24.3 Å². The van der Waals surface area contributed by atoms with Gasteiger partial charge in [-0.2, -0.15) is 10.2 Å². The molecule has 1 aromatic heterocycles. The Morgan fingerprint density at radius 3 is 1.72 bits per heavy atom. The van der Waals surface area contributed by atoms with Crippen LogP contribution in [-0.2, 0) is 0 Å². The first-order valence-corrected chi connectivity index (χ1v) is 9.59. The molecule has 0 atom stereocenters. The molecule has 2 amide bonds. The second-order valence-electron chi connectivity index (χ2n) is 6.74. The normalized spacial score (nSPS) is 11.7. The molecule has 0 aliphatic carbocycles. The maximum absolute atomic E-state index is 12.3. The van der Waals surface area contributed by atoms with Gasteiger partial charge in [0.2, 0.25) is 0 Å². The average Bonchev–Trinajstić information content (AvgIpc) is 2.81. The number of nitrogens with one attached hydrogen (secondary N) is 2. The number of hydrazone groups is 2. The highest BCUT2D eigenvalue weighted by molar-refractivity contribution is 6.03. The molecule has 0 aliphatic rings. The minimum atomic E-state index is -0.569. The number of rotatable bonds is 6. The number of carbonyl (C=O) groups is 2. The molecule has 3 aromatic rings. The topological polar surface area (TPSA) is 136 Å². The second kappa shape index (κ2) is 9.98. The number of amides is 2. The van der Waals surface area contributed by atoms with Gasteiger partial charge in [0.25, 0.3) is 11.8 Å². The number of para-hydroxylation sites is 2. The van der Waals surface area contributed by atoms with Crippen LogP contribution < -0.4 is 10.9 Å². The number of phenolic OH excluding ortho intramolecular Hbond substituents is 2. The fourth-order valence-electron chi connectivity index (χ4n) is 2.73. The van der Waals surface area contributed by atoms with E-state index in [0.29, 0.717) is 22.6 Å². The molecule has 32 heavy (non-hydrogen) atoms. The van der Waals surface area contributed by atoms with E-state index in [4.69, 9.17) is 0 Å². The van der Waals surface area contributed by atoms with Gasteiger partial charge in [-0.15, -0.1) is 0 Å². The average molecular weight is 431 g/mol. The molecule has 0 aliphatic heterocycles. The SMILES string of the molecule is C/C(=N/NC(=O)c1ccc(C(=O)N/N=C(/C)c2ccccc2O)nc1)c1ccccc1O. The molecular formula is C23H21N5O4. The van der Waals surface area contributed by atoms with Gasteiger partial charge in [0.05, 0.1) is 17.0 Å². The van der Waals surface area contributed by atoms with Crippen LogP contribution in [0.4, 0.5) is 0 Å². The maximum atomic E-state index is 12.3. The van der Waals surface area contributed by atoms with E-state index in [2.05, 4.69) is 26.0 Å². The molecule has 4 N–H and O–H groups in total. The number of hydrogen-bond acceptors (Lipinski definition) is 7. The Kier molecular flexibility index (Phi) is 6.92. The standard InChI is InChI=1S/C23H21N5O4/c1-14(17-7-3-5-9-20(17)29)25-27-22(31)16-11-12-19(24-13-16)23(32)28-26-15(2)18-8-4-6-10-21(18)30/h3-13,29-30H,1-2H3,(H,27,31)(H,28,32)/b25-14-,26-15-. The molecule has 0 spiro atoms. The van der Waals surface area contributed by atoms with Crippen molar-refractivity contribution in [1.82, 2.24) is 15.8 Å². The van der Waals surface area contributed by atoms with Crippen molar-refractivity contribution >= 4 is 23.2 Å². The fourth-order valence-corrected chi connectivity index (χ4v) is 2.73. The van der Waals surface area contributed by atoms with Crippen LogP contribution in [0, 0.1) is 0 Å². The zero-order chi connectivity index (χ0) is 23.1. The van der Waals surface area contributed by atoms with Gasteiger partial charge in [-0.05, 0) is 50.2 Å². The summed E-state index contributed by atoms with van der Waals surface area (Å²) >= 11 is 0. The van der Waals surface area contributed by atoms with Crippen LogP contribution in [-0.4, -0.2) is 38.4 Å². The van der Waals surface area contributed by atoms with Gasteiger partial charge in [-0.25, -0.2) is 10.9 Å². The number of hydrogen-bond donors (Lipinski definition) is 4. The number of aromatic hydroxyl groups is 2. The molecule has 0 saturated carbocycles. The van der Waals surface area contributed by atoms with Crippen molar-refractivity contribution in [3.8, 4) is 11.5 Å². The number of pyridine rings is 1. The number of benzene rings is 2. The maximum Gasteiger partial charge on any atom is 0.289 e. The minimum absolute atomic E-state index is 0.0526. The highest BCUT2D eigenvalue weighted by Gasteiger charge is 2.11. The highest BCUT2D eigenvalue weighted by atomic mass is 16.3. The van der Waals surface area contributed by atoms with E-state index in [0.717, 1.165) is 0 Å². The Hall–Kier alpha value is -4.53. The number of aromatic nitrogens is 1. The monoisotopic (exact) mass is 431 g/mol. The predicted octanol–water partition coefficient (Wildman–Crippen LogP) is 2.80. The van der Waals surface area contributed by atoms with Gasteiger partial charge in [0, 0.05) is 17.3 Å². The Morgan fingerprint density at radius 2 is 1.25 bits per heavy atom.